The fourth-order valence-electron chi connectivity index (χ4n) is 3.87. The minimum absolute atomic E-state index is 0.174. The van der Waals surface area contributed by atoms with Crippen molar-refractivity contribution in [3.8, 4) is 0 Å². The predicted octanol–water partition coefficient (Wildman–Crippen LogP) is 4.01. The Morgan fingerprint density at radius 2 is 1.80 bits per heavy atom. The van der Waals surface area contributed by atoms with Crippen LogP contribution in [-0.4, -0.2) is 16.4 Å². The van der Waals surface area contributed by atoms with Gasteiger partial charge in [-0.2, -0.15) is 0 Å². The molecule has 0 amide bonds. The lowest BCUT2D eigenvalue weighted by Gasteiger charge is -2.29. The number of nitrogens with one attached hydrogen (secondary N) is 1. The van der Waals surface area contributed by atoms with Gasteiger partial charge in [-0.15, -0.1) is 0 Å². The largest absolute Gasteiger partial charge is 0.358 e. The van der Waals surface area contributed by atoms with E-state index < -0.39 is 0 Å². The topological polar surface area (TPSA) is 36.1 Å². The van der Waals surface area contributed by atoms with Crippen molar-refractivity contribution in [3.63, 3.8) is 0 Å². The molecule has 3 aromatic rings. The number of aryl methyl sites for hydroxylation is 3. The number of H-pyrrole nitrogens is 1. The number of hydrogen-bond donors (Lipinski definition) is 1. The Kier molecular flexibility index (Phi) is 3.97. The molecule has 3 heteroatoms. The molecule has 0 atom stereocenters. The number of nitrogens with zero attached hydrogens (tertiary/aromatic N) is 1. The van der Waals surface area contributed by atoms with Crippen LogP contribution in [0, 0.1) is 20.8 Å². The van der Waals surface area contributed by atoms with E-state index in [-0.39, 0.29) is 5.43 Å². The molecule has 1 aliphatic heterocycles. The summed E-state index contributed by atoms with van der Waals surface area (Å²) in [5, 5.41) is 0.807. The average Bonchev–Trinajstić information content (AvgIpc) is 2.62. The zero-order valence-electron chi connectivity index (χ0n) is 15.1. The lowest BCUT2D eigenvalue weighted by molar-refractivity contribution is 0.244. The highest BCUT2D eigenvalue weighted by Crippen LogP contribution is 2.22. The minimum Gasteiger partial charge on any atom is -0.358 e. The molecule has 2 heterocycles. The van der Waals surface area contributed by atoms with E-state index in [4.69, 9.17) is 0 Å². The Bertz CT molecular complexity index is 1020. The van der Waals surface area contributed by atoms with Gasteiger partial charge in [0.15, 0.2) is 5.43 Å². The van der Waals surface area contributed by atoms with Crippen molar-refractivity contribution in [1.82, 2.24) is 9.88 Å². The zero-order chi connectivity index (χ0) is 17.6. The number of fused-ring (bicyclic) bond motifs is 2. The molecule has 1 N–H and O–H groups in total. The van der Waals surface area contributed by atoms with Gasteiger partial charge in [-0.3, -0.25) is 9.69 Å². The normalized spacial score (nSPS) is 14.7. The van der Waals surface area contributed by atoms with Crippen molar-refractivity contribution in [1.29, 1.82) is 0 Å². The second-order valence-corrected chi connectivity index (χ2v) is 7.22. The summed E-state index contributed by atoms with van der Waals surface area (Å²) in [6, 6.07) is 12.6. The molecule has 0 spiro atoms. The van der Waals surface area contributed by atoms with Gasteiger partial charge in [0.25, 0.3) is 0 Å². The van der Waals surface area contributed by atoms with Gasteiger partial charge in [-0.1, -0.05) is 30.3 Å². The van der Waals surface area contributed by atoms with Gasteiger partial charge in [0, 0.05) is 36.3 Å². The molecule has 0 saturated carbocycles. The highest BCUT2D eigenvalue weighted by molar-refractivity contribution is 5.83. The van der Waals surface area contributed by atoms with Crippen LogP contribution in [0.25, 0.3) is 10.9 Å². The summed E-state index contributed by atoms with van der Waals surface area (Å²) in [5.41, 5.74) is 8.24. The number of rotatable bonds is 2. The van der Waals surface area contributed by atoms with E-state index in [0.717, 1.165) is 47.2 Å². The number of aromatic amines is 1. The van der Waals surface area contributed by atoms with Crippen LogP contribution in [-0.2, 0) is 19.5 Å². The molecule has 1 aromatic heterocycles. The fraction of sp³-hybridized carbons (Fsp3) is 0.318. The van der Waals surface area contributed by atoms with Gasteiger partial charge in [0.05, 0.1) is 5.52 Å². The Hall–Kier alpha value is -2.39. The van der Waals surface area contributed by atoms with Crippen LogP contribution in [0.5, 0.6) is 0 Å². The van der Waals surface area contributed by atoms with Crippen molar-refractivity contribution >= 4 is 10.9 Å². The summed E-state index contributed by atoms with van der Waals surface area (Å²) in [7, 11) is 0. The van der Waals surface area contributed by atoms with Crippen molar-refractivity contribution in [3.05, 3.63) is 80.1 Å². The molecular formula is C22H24N2O. The van der Waals surface area contributed by atoms with E-state index in [2.05, 4.69) is 48.0 Å². The van der Waals surface area contributed by atoms with Gasteiger partial charge >= 0.3 is 0 Å². The van der Waals surface area contributed by atoms with Gasteiger partial charge in [0.1, 0.15) is 0 Å². The molecule has 2 aromatic carbocycles. The number of pyridine rings is 1. The monoisotopic (exact) mass is 332 g/mol. The van der Waals surface area contributed by atoms with Crippen molar-refractivity contribution in [2.75, 3.05) is 6.54 Å². The minimum atomic E-state index is 0.174. The van der Waals surface area contributed by atoms with E-state index in [1.807, 2.05) is 19.1 Å². The number of benzene rings is 2. The summed E-state index contributed by atoms with van der Waals surface area (Å²) >= 11 is 0. The zero-order valence-corrected chi connectivity index (χ0v) is 15.1. The molecule has 0 fully saturated rings. The van der Waals surface area contributed by atoms with Crippen molar-refractivity contribution < 1.29 is 0 Å². The molecule has 0 saturated heterocycles. The molecule has 25 heavy (non-hydrogen) atoms. The summed E-state index contributed by atoms with van der Waals surface area (Å²) in [5.74, 6) is 0. The molecule has 3 nitrogen and oxygen atoms in total. The van der Waals surface area contributed by atoms with Gasteiger partial charge < -0.3 is 4.98 Å². The lowest BCUT2D eigenvalue weighted by atomic mass is 9.98. The van der Waals surface area contributed by atoms with Crippen LogP contribution in [0.2, 0.25) is 0 Å². The van der Waals surface area contributed by atoms with Crippen LogP contribution < -0.4 is 5.43 Å². The summed E-state index contributed by atoms with van der Waals surface area (Å²) in [4.78, 5) is 19.0. The number of hydrogen-bond acceptors (Lipinski definition) is 2. The predicted molar refractivity (Wildman–Crippen MR) is 103 cm³/mol. The first-order valence-corrected chi connectivity index (χ1v) is 8.95. The first-order valence-electron chi connectivity index (χ1n) is 8.95. The quantitative estimate of drug-likeness (QED) is 0.770. The van der Waals surface area contributed by atoms with Crippen LogP contribution in [0.4, 0.5) is 0 Å². The van der Waals surface area contributed by atoms with E-state index in [9.17, 15) is 4.79 Å². The van der Waals surface area contributed by atoms with Crippen LogP contribution in [0.15, 0.2) is 41.2 Å². The van der Waals surface area contributed by atoms with Gasteiger partial charge in [0.2, 0.25) is 0 Å². The van der Waals surface area contributed by atoms with Crippen LogP contribution in [0.1, 0.15) is 33.5 Å². The highest BCUT2D eigenvalue weighted by Gasteiger charge is 2.19. The second-order valence-electron chi connectivity index (χ2n) is 7.22. The molecule has 0 unspecified atom stereocenters. The third kappa shape index (κ3) is 2.79. The summed E-state index contributed by atoms with van der Waals surface area (Å²) in [6.45, 7) is 8.81. The van der Waals surface area contributed by atoms with Gasteiger partial charge in [-0.25, -0.2) is 0 Å². The van der Waals surface area contributed by atoms with E-state index in [0.29, 0.717) is 6.54 Å². The summed E-state index contributed by atoms with van der Waals surface area (Å²) in [6.07, 6.45) is 1.05. The maximum Gasteiger partial charge on any atom is 0.194 e. The molecule has 0 radical (unpaired) electrons. The molecule has 1 aliphatic rings. The molecule has 128 valence electrons. The smallest absolute Gasteiger partial charge is 0.194 e. The standard InChI is InChI=1S/C22H24N2O/c1-14-8-9-19-21(15(14)2)23-16(3)20(22(19)25)13-24-11-10-17-6-4-5-7-18(17)12-24/h4-9H,10-13H2,1-3H3,(H,23,25). The molecule has 0 aliphatic carbocycles. The SMILES string of the molecule is Cc1ccc2c(=O)c(CN3CCc4ccccc4C3)c(C)[nH]c2c1C. The third-order valence-corrected chi connectivity index (χ3v) is 5.61. The highest BCUT2D eigenvalue weighted by atomic mass is 16.1. The lowest BCUT2D eigenvalue weighted by Crippen LogP contribution is -2.32. The fourth-order valence-corrected chi connectivity index (χ4v) is 3.87. The Morgan fingerprint density at radius 1 is 1.04 bits per heavy atom. The van der Waals surface area contributed by atoms with Crippen molar-refractivity contribution in [2.45, 2.75) is 40.3 Å². The average molecular weight is 332 g/mol. The Balaban J connectivity index is 1.71. The molecular weight excluding hydrogens is 308 g/mol. The van der Waals surface area contributed by atoms with Crippen LogP contribution >= 0.6 is 0 Å². The first kappa shape index (κ1) is 16.1. The third-order valence-electron chi connectivity index (χ3n) is 5.61. The molecule has 0 bridgehead atoms. The Morgan fingerprint density at radius 3 is 2.60 bits per heavy atom. The summed E-state index contributed by atoms with van der Waals surface area (Å²) < 4.78 is 0. The molecule has 4 rings (SSSR count). The number of aromatic nitrogens is 1. The maximum atomic E-state index is 13.1. The van der Waals surface area contributed by atoms with Gasteiger partial charge in [-0.05, 0) is 55.5 Å². The Labute approximate surface area is 148 Å². The van der Waals surface area contributed by atoms with Crippen LogP contribution in [0.3, 0.4) is 0 Å². The van der Waals surface area contributed by atoms with Crippen molar-refractivity contribution in [2.24, 2.45) is 0 Å². The van der Waals surface area contributed by atoms with E-state index in [1.54, 1.807) is 0 Å². The van der Waals surface area contributed by atoms with E-state index >= 15 is 0 Å². The maximum absolute atomic E-state index is 13.1. The first-order chi connectivity index (χ1) is 12.0. The second kappa shape index (κ2) is 6.16. The van der Waals surface area contributed by atoms with E-state index in [1.165, 1.54) is 16.7 Å².